The SMILES string of the molecule is O.O=C(O)c1ccc(S(=O)(=O)[O-])cc1C(=O)O.[K+]. The molecule has 4 N–H and O–H groups in total. The summed E-state index contributed by atoms with van der Waals surface area (Å²) in [5, 5.41) is 17.3. The third-order valence-corrected chi connectivity index (χ3v) is 2.57. The van der Waals surface area contributed by atoms with Crippen LogP contribution in [0.5, 0.6) is 0 Å². The normalized spacial score (nSPS) is 9.83. The molecule has 0 radical (unpaired) electrons. The summed E-state index contributed by atoms with van der Waals surface area (Å²) in [5.74, 6) is -3.14. The second-order valence-electron chi connectivity index (χ2n) is 2.77. The van der Waals surface area contributed by atoms with Crippen LogP contribution >= 0.6 is 0 Å². The van der Waals surface area contributed by atoms with Crippen molar-refractivity contribution in [1.82, 2.24) is 0 Å². The van der Waals surface area contributed by atoms with Crippen molar-refractivity contribution >= 4 is 22.1 Å². The van der Waals surface area contributed by atoms with Crippen molar-refractivity contribution in [2.75, 3.05) is 0 Å². The molecular weight excluding hydrogens is 295 g/mol. The predicted octanol–water partition coefficient (Wildman–Crippen LogP) is -3.83. The fourth-order valence-corrected chi connectivity index (χ4v) is 1.54. The summed E-state index contributed by atoms with van der Waals surface area (Å²) in [6.07, 6.45) is 0. The molecule has 0 bridgehead atoms. The van der Waals surface area contributed by atoms with Crippen LogP contribution in [-0.2, 0) is 10.1 Å². The van der Waals surface area contributed by atoms with Gasteiger partial charge in [-0.1, -0.05) is 0 Å². The van der Waals surface area contributed by atoms with Crippen LogP contribution in [0.15, 0.2) is 23.1 Å². The molecule has 0 spiro atoms. The number of hydrogen-bond acceptors (Lipinski definition) is 5. The van der Waals surface area contributed by atoms with Gasteiger partial charge in [0.25, 0.3) is 0 Å². The van der Waals surface area contributed by atoms with Crippen molar-refractivity contribution in [1.29, 1.82) is 0 Å². The fraction of sp³-hybridized carbons (Fsp3) is 0. The number of carboxylic acids is 2. The monoisotopic (exact) mass is 302 g/mol. The van der Waals surface area contributed by atoms with Crippen LogP contribution in [-0.4, -0.2) is 40.6 Å². The van der Waals surface area contributed by atoms with Gasteiger partial charge in [-0.05, 0) is 18.2 Å². The topological polar surface area (TPSA) is 163 Å². The van der Waals surface area contributed by atoms with E-state index in [0.717, 1.165) is 12.1 Å². The van der Waals surface area contributed by atoms with Crippen LogP contribution in [0, 0.1) is 0 Å². The van der Waals surface area contributed by atoms with Gasteiger partial charge >= 0.3 is 63.3 Å². The van der Waals surface area contributed by atoms with E-state index >= 15 is 0 Å². The van der Waals surface area contributed by atoms with Crippen LogP contribution in [0.4, 0.5) is 0 Å². The molecule has 0 aliphatic rings. The molecule has 0 atom stereocenters. The van der Waals surface area contributed by atoms with Crippen molar-refractivity contribution in [2.24, 2.45) is 0 Å². The Balaban J connectivity index is 0. The zero-order valence-corrected chi connectivity index (χ0v) is 13.0. The van der Waals surface area contributed by atoms with Crippen LogP contribution < -0.4 is 51.4 Å². The maximum absolute atomic E-state index is 10.6. The fourth-order valence-electron chi connectivity index (χ4n) is 1.04. The van der Waals surface area contributed by atoms with Gasteiger partial charge in [0.2, 0.25) is 0 Å². The first-order chi connectivity index (χ1) is 7.23. The number of hydrogen-bond donors (Lipinski definition) is 2. The molecule has 1 aromatic carbocycles. The van der Waals surface area contributed by atoms with Crippen molar-refractivity contribution in [3.63, 3.8) is 0 Å². The first kappa shape index (κ1) is 20.0. The minimum absolute atomic E-state index is 0. The molecule has 0 aliphatic carbocycles. The zero-order chi connectivity index (χ0) is 12.5. The second kappa shape index (κ2) is 7.30. The summed E-state index contributed by atoms with van der Waals surface area (Å²) < 4.78 is 31.8. The number of benzene rings is 1. The van der Waals surface area contributed by atoms with Crippen LogP contribution in [0.2, 0.25) is 0 Å². The second-order valence-corrected chi connectivity index (χ2v) is 4.15. The molecule has 1 rings (SSSR count). The van der Waals surface area contributed by atoms with Crippen LogP contribution in [0.1, 0.15) is 20.7 Å². The van der Waals surface area contributed by atoms with E-state index in [-0.39, 0.29) is 56.9 Å². The minimum atomic E-state index is -4.81. The third-order valence-electron chi connectivity index (χ3n) is 1.74. The molecule has 18 heavy (non-hydrogen) atoms. The third kappa shape index (κ3) is 4.74. The van der Waals surface area contributed by atoms with Gasteiger partial charge in [0.05, 0.1) is 16.0 Å². The van der Waals surface area contributed by atoms with Gasteiger partial charge in [0, 0.05) is 0 Å². The maximum atomic E-state index is 10.6. The Morgan fingerprint density at radius 2 is 1.50 bits per heavy atom. The minimum Gasteiger partial charge on any atom is -0.744 e. The molecule has 0 amide bonds. The number of aromatic carboxylic acids is 2. The van der Waals surface area contributed by atoms with E-state index in [9.17, 15) is 22.6 Å². The summed E-state index contributed by atoms with van der Waals surface area (Å²) in [4.78, 5) is 20.5. The first-order valence-electron chi connectivity index (χ1n) is 3.80. The number of rotatable bonds is 3. The first-order valence-corrected chi connectivity index (χ1v) is 5.21. The molecule has 0 heterocycles. The van der Waals surface area contributed by atoms with E-state index < -0.39 is 38.1 Å². The predicted molar refractivity (Wildman–Crippen MR) is 51.9 cm³/mol. The summed E-state index contributed by atoms with van der Waals surface area (Å²) in [7, 11) is -4.81. The molecule has 1 aromatic rings. The van der Waals surface area contributed by atoms with Gasteiger partial charge in [-0.25, -0.2) is 18.0 Å². The van der Waals surface area contributed by atoms with E-state index in [1.807, 2.05) is 0 Å². The number of carbonyl (C=O) groups is 2. The van der Waals surface area contributed by atoms with E-state index in [0.29, 0.717) is 6.07 Å². The van der Waals surface area contributed by atoms with Gasteiger partial charge in [-0.3, -0.25) is 0 Å². The Bertz CT molecular complexity index is 564. The van der Waals surface area contributed by atoms with E-state index in [1.54, 1.807) is 0 Å². The molecule has 94 valence electrons. The van der Waals surface area contributed by atoms with E-state index in [2.05, 4.69) is 0 Å². The van der Waals surface area contributed by atoms with Crippen molar-refractivity contribution in [3.05, 3.63) is 29.3 Å². The van der Waals surface area contributed by atoms with Gasteiger partial charge in [-0.2, -0.15) is 0 Å². The molecule has 8 nitrogen and oxygen atoms in total. The summed E-state index contributed by atoms with van der Waals surface area (Å²) >= 11 is 0. The van der Waals surface area contributed by atoms with Gasteiger partial charge < -0.3 is 20.2 Å². The quantitative estimate of drug-likeness (QED) is 0.426. The largest absolute Gasteiger partial charge is 1.00 e. The zero-order valence-electron chi connectivity index (χ0n) is 9.08. The van der Waals surface area contributed by atoms with Crippen LogP contribution in [0.25, 0.3) is 0 Å². The number of carboxylic acid groups (broad SMARTS) is 2. The Hall–Kier alpha value is -0.334. The summed E-state index contributed by atoms with van der Waals surface area (Å²) in [5.41, 5.74) is -1.33. The Kier molecular flexibility index (Phi) is 8.11. The van der Waals surface area contributed by atoms with E-state index in [4.69, 9.17) is 10.2 Å². The molecular formula is C8H7KO8S. The molecule has 0 saturated carbocycles. The van der Waals surface area contributed by atoms with Gasteiger partial charge in [0.15, 0.2) is 0 Å². The molecule has 0 aliphatic heterocycles. The Labute approximate surface area is 144 Å². The molecule has 0 fully saturated rings. The van der Waals surface area contributed by atoms with Gasteiger partial charge in [0.1, 0.15) is 10.1 Å². The molecule has 10 heteroatoms. The van der Waals surface area contributed by atoms with Crippen molar-refractivity contribution in [3.8, 4) is 0 Å². The Morgan fingerprint density at radius 3 is 1.83 bits per heavy atom. The van der Waals surface area contributed by atoms with Crippen molar-refractivity contribution < 1.29 is 89.6 Å². The Morgan fingerprint density at radius 1 is 1.06 bits per heavy atom. The summed E-state index contributed by atoms with van der Waals surface area (Å²) in [6.45, 7) is 0. The molecule has 0 saturated heterocycles. The average molecular weight is 302 g/mol. The van der Waals surface area contributed by atoms with Crippen molar-refractivity contribution in [2.45, 2.75) is 4.90 Å². The summed E-state index contributed by atoms with van der Waals surface area (Å²) in [6, 6.07) is 2.03. The van der Waals surface area contributed by atoms with Crippen LogP contribution in [0.3, 0.4) is 0 Å². The molecule has 0 unspecified atom stereocenters. The smallest absolute Gasteiger partial charge is 0.744 e. The van der Waals surface area contributed by atoms with Gasteiger partial charge in [-0.15, -0.1) is 0 Å². The molecule has 0 aromatic heterocycles. The average Bonchev–Trinajstić information content (AvgIpc) is 2.15. The standard InChI is InChI=1S/C8H6O7S.K.H2O/c9-7(10)5-2-1-4(16(13,14)15)3-6(5)8(11)12;;/h1-3H,(H,9,10)(H,11,12)(H,13,14,15);;1H2/q;+1;/p-1. The maximum Gasteiger partial charge on any atom is 1.00 e. The van der Waals surface area contributed by atoms with E-state index in [1.165, 1.54) is 0 Å².